The van der Waals surface area contributed by atoms with Crippen molar-refractivity contribution in [3.63, 3.8) is 0 Å². The molecule has 0 fully saturated rings. The zero-order valence-electron chi connectivity index (χ0n) is 22.0. The number of halogens is 1. The van der Waals surface area contributed by atoms with Crippen LogP contribution in [-0.2, 0) is 25.9 Å². The fourth-order valence-corrected chi connectivity index (χ4v) is 5.65. The molecular weight excluding hydrogens is 537 g/mol. The fraction of sp³-hybridized carbons (Fsp3) is 0.310. The van der Waals surface area contributed by atoms with Gasteiger partial charge >= 0.3 is 0 Å². The van der Waals surface area contributed by atoms with Crippen molar-refractivity contribution >= 4 is 21.6 Å². The average Bonchev–Trinajstić information content (AvgIpc) is 3.31. The second-order valence-electron chi connectivity index (χ2n) is 9.33. The van der Waals surface area contributed by atoms with Gasteiger partial charge in [-0.25, -0.2) is 23.2 Å². The molecule has 40 heavy (non-hydrogen) atoms. The Morgan fingerprint density at radius 2 is 1.77 bits per heavy atom. The number of aliphatic imine (C=N–C) groups is 1. The summed E-state index contributed by atoms with van der Waals surface area (Å²) in [6.45, 7) is 2.07. The largest absolute Gasteiger partial charge is 0.494 e. The summed E-state index contributed by atoms with van der Waals surface area (Å²) >= 11 is 0. The van der Waals surface area contributed by atoms with E-state index in [4.69, 9.17) is 14.6 Å². The molecule has 0 radical (unpaired) electrons. The van der Waals surface area contributed by atoms with Crippen LogP contribution >= 0.6 is 0 Å². The summed E-state index contributed by atoms with van der Waals surface area (Å²) in [5.74, 6) is -0.581. The Labute approximate surface area is 232 Å². The number of hydrogen-bond acceptors (Lipinski definition) is 8. The van der Waals surface area contributed by atoms with E-state index in [1.54, 1.807) is 67.6 Å². The number of nitrogens with zero attached hydrogens (tertiary/aromatic N) is 1. The van der Waals surface area contributed by atoms with Crippen LogP contribution in [0.5, 0.6) is 5.75 Å². The molecular formula is C29H32FN3O6S. The summed E-state index contributed by atoms with van der Waals surface area (Å²) in [4.78, 5) is 18.4. The van der Waals surface area contributed by atoms with Crippen molar-refractivity contribution in [2.75, 3.05) is 19.0 Å². The summed E-state index contributed by atoms with van der Waals surface area (Å²) < 4.78 is 51.8. The van der Waals surface area contributed by atoms with E-state index in [9.17, 15) is 17.6 Å². The molecule has 0 aromatic heterocycles. The highest BCUT2D eigenvalue weighted by Crippen LogP contribution is 2.33. The van der Waals surface area contributed by atoms with E-state index in [2.05, 4.69) is 15.8 Å². The van der Waals surface area contributed by atoms with Gasteiger partial charge in [0.2, 0.25) is 5.90 Å². The molecule has 0 bridgehead atoms. The van der Waals surface area contributed by atoms with Gasteiger partial charge < -0.3 is 14.6 Å². The number of benzene rings is 3. The number of carbonyl (C=O) groups is 1. The molecule has 0 saturated carbocycles. The number of ether oxygens (including phenoxy) is 2. The molecule has 1 aliphatic rings. The first-order valence-corrected chi connectivity index (χ1v) is 14.6. The SMILES string of the molecule is C[C@@H]1OC(c2ccc(OCCCO)cc2)=N[C@]1(CCS(=O)(=O)c1ccccc1)C(=O)NNCc1ccccc1F. The molecule has 0 aliphatic carbocycles. The number of amides is 1. The molecule has 4 rings (SSSR count). The van der Waals surface area contributed by atoms with Crippen LogP contribution in [0.15, 0.2) is 88.8 Å². The minimum Gasteiger partial charge on any atom is -0.494 e. The zero-order valence-corrected chi connectivity index (χ0v) is 22.9. The van der Waals surface area contributed by atoms with Gasteiger partial charge in [-0.05, 0) is 55.8 Å². The number of hydrazine groups is 1. The van der Waals surface area contributed by atoms with Crippen LogP contribution in [0.1, 0.15) is 30.9 Å². The quantitative estimate of drug-likeness (QED) is 0.213. The Kier molecular flexibility index (Phi) is 9.51. The van der Waals surface area contributed by atoms with Crippen molar-refractivity contribution in [3.8, 4) is 5.75 Å². The van der Waals surface area contributed by atoms with Crippen LogP contribution in [0.4, 0.5) is 4.39 Å². The molecule has 3 aromatic rings. The molecule has 0 spiro atoms. The molecule has 11 heteroatoms. The van der Waals surface area contributed by atoms with Gasteiger partial charge in [0, 0.05) is 30.7 Å². The highest BCUT2D eigenvalue weighted by Gasteiger charge is 2.50. The maximum atomic E-state index is 14.0. The molecule has 3 aromatic carbocycles. The molecule has 3 N–H and O–H groups in total. The van der Waals surface area contributed by atoms with Gasteiger partial charge in [-0.15, -0.1) is 0 Å². The van der Waals surface area contributed by atoms with E-state index < -0.39 is 33.2 Å². The first-order chi connectivity index (χ1) is 19.2. The van der Waals surface area contributed by atoms with Gasteiger partial charge in [-0.2, -0.15) is 0 Å². The normalized spacial score (nSPS) is 18.6. The smallest absolute Gasteiger partial charge is 0.266 e. The molecule has 2 atom stereocenters. The van der Waals surface area contributed by atoms with Gasteiger partial charge in [0.15, 0.2) is 15.4 Å². The van der Waals surface area contributed by atoms with Crippen LogP contribution in [0.2, 0.25) is 0 Å². The van der Waals surface area contributed by atoms with Gasteiger partial charge in [-0.3, -0.25) is 10.2 Å². The summed E-state index contributed by atoms with van der Waals surface area (Å²) in [5, 5.41) is 8.93. The Bertz CT molecular complexity index is 1430. The molecule has 1 aliphatic heterocycles. The highest BCUT2D eigenvalue weighted by molar-refractivity contribution is 7.91. The van der Waals surface area contributed by atoms with Crippen LogP contribution < -0.4 is 15.6 Å². The van der Waals surface area contributed by atoms with Gasteiger partial charge in [0.05, 0.1) is 17.3 Å². The number of sulfone groups is 1. The highest BCUT2D eigenvalue weighted by atomic mass is 32.2. The lowest BCUT2D eigenvalue weighted by Crippen LogP contribution is -2.55. The monoisotopic (exact) mass is 569 g/mol. The Morgan fingerprint density at radius 1 is 1.07 bits per heavy atom. The van der Waals surface area contributed by atoms with Crippen LogP contribution in [0.3, 0.4) is 0 Å². The number of nitrogens with one attached hydrogen (secondary N) is 2. The summed E-state index contributed by atoms with van der Waals surface area (Å²) in [7, 11) is -3.72. The van der Waals surface area contributed by atoms with Crippen LogP contribution in [-0.4, -0.2) is 55.9 Å². The first-order valence-electron chi connectivity index (χ1n) is 12.9. The third-order valence-corrected chi connectivity index (χ3v) is 8.35. The van der Waals surface area contributed by atoms with Crippen molar-refractivity contribution < 1.29 is 32.2 Å². The Balaban J connectivity index is 1.57. The standard InChI is InChI=1S/C29H32FN3O6S/c1-21-29(16-19-40(36,37)25-9-3-2-4-10-25,28(35)33-31-20-23-8-5-6-11-26(23)30)32-27(39-21)22-12-14-24(15-13-22)38-18-7-17-34/h2-6,8-15,21,31,34H,7,16-20H2,1H3,(H,33,35)/t21-,29-/m0/s1. The number of aliphatic hydroxyl groups is 1. The Morgan fingerprint density at radius 3 is 2.48 bits per heavy atom. The molecule has 0 unspecified atom stereocenters. The number of hydrogen-bond donors (Lipinski definition) is 3. The fourth-order valence-electron chi connectivity index (χ4n) is 4.26. The van der Waals surface area contributed by atoms with Gasteiger partial charge in [0.1, 0.15) is 17.7 Å². The Hall–Kier alpha value is -3.80. The van der Waals surface area contributed by atoms with E-state index in [0.29, 0.717) is 29.9 Å². The number of aliphatic hydroxyl groups excluding tert-OH is 1. The summed E-state index contributed by atoms with van der Waals surface area (Å²) in [5.41, 5.74) is 4.67. The van der Waals surface area contributed by atoms with Gasteiger partial charge in [0.25, 0.3) is 5.91 Å². The third kappa shape index (κ3) is 6.85. The number of carbonyl (C=O) groups excluding carboxylic acids is 1. The number of rotatable bonds is 13. The van der Waals surface area contributed by atoms with Crippen LogP contribution in [0, 0.1) is 5.82 Å². The maximum absolute atomic E-state index is 14.0. The first kappa shape index (κ1) is 29.2. The third-order valence-electron chi connectivity index (χ3n) is 6.62. The minimum absolute atomic E-state index is 0.0142. The van der Waals surface area contributed by atoms with Crippen molar-refractivity contribution in [1.82, 2.24) is 10.9 Å². The van der Waals surface area contributed by atoms with E-state index in [1.165, 1.54) is 18.2 Å². The molecule has 1 heterocycles. The molecule has 1 amide bonds. The average molecular weight is 570 g/mol. The zero-order chi connectivity index (χ0) is 28.6. The second kappa shape index (κ2) is 13.0. The lowest BCUT2D eigenvalue weighted by molar-refractivity contribution is -0.129. The summed E-state index contributed by atoms with van der Waals surface area (Å²) in [6.07, 6.45) is -0.446. The van der Waals surface area contributed by atoms with Crippen molar-refractivity contribution in [3.05, 3.63) is 95.8 Å². The van der Waals surface area contributed by atoms with E-state index in [1.807, 2.05) is 0 Å². The van der Waals surface area contributed by atoms with E-state index in [-0.39, 0.29) is 36.1 Å². The topological polar surface area (TPSA) is 126 Å². The summed E-state index contributed by atoms with van der Waals surface area (Å²) in [6, 6.07) is 21.1. The van der Waals surface area contributed by atoms with E-state index in [0.717, 1.165) is 0 Å². The minimum atomic E-state index is -3.72. The maximum Gasteiger partial charge on any atom is 0.266 e. The van der Waals surface area contributed by atoms with Gasteiger partial charge in [-0.1, -0.05) is 36.4 Å². The second-order valence-corrected chi connectivity index (χ2v) is 11.4. The van der Waals surface area contributed by atoms with Crippen LogP contribution in [0.25, 0.3) is 0 Å². The predicted octanol–water partition coefficient (Wildman–Crippen LogP) is 3.18. The van der Waals surface area contributed by atoms with E-state index >= 15 is 0 Å². The lowest BCUT2D eigenvalue weighted by atomic mass is 9.90. The molecule has 0 saturated heterocycles. The molecule has 9 nitrogen and oxygen atoms in total. The predicted molar refractivity (Wildman–Crippen MR) is 148 cm³/mol. The van der Waals surface area contributed by atoms with Crippen molar-refractivity contribution in [2.45, 2.75) is 42.8 Å². The van der Waals surface area contributed by atoms with Crippen molar-refractivity contribution in [2.24, 2.45) is 4.99 Å². The molecule has 212 valence electrons. The lowest BCUT2D eigenvalue weighted by Gasteiger charge is -2.28. The van der Waals surface area contributed by atoms with Crippen molar-refractivity contribution in [1.29, 1.82) is 0 Å².